The highest BCUT2D eigenvalue weighted by molar-refractivity contribution is 5.85. The topological polar surface area (TPSA) is 46.2 Å². The van der Waals surface area contributed by atoms with E-state index in [1.807, 2.05) is 26.0 Å². The van der Waals surface area contributed by atoms with Crippen molar-refractivity contribution in [3.63, 3.8) is 0 Å². The lowest BCUT2D eigenvalue weighted by Gasteiger charge is -2.20. The van der Waals surface area contributed by atoms with Gasteiger partial charge in [-0.1, -0.05) is 25.1 Å². The fraction of sp³-hybridized carbons (Fsp3) is 0.500. The molecule has 1 aromatic rings. The predicted molar refractivity (Wildman–Crippen MR) is 66.4 cm³/mol. The van der Waals surface area contributed by atoms with Gasteiger partial charge in [-0.25, -0.2) is 0 Å². The fourth-order valence-electron chi connectivity index (χ4n) is 1.60. The first kappa shape index (κ1) is 14.4. The first-order valence-electron chi connectivity index (χ1n) is 5.07. The van der Waals surface area contributed by atoms with Crippen molar-refractivity contribution in [3.8, 4) is 0 Å². The lowest BCUT2D eigenvalue weighted by Crippen LogP contribution is -2.26. The van der Waals surface area contributed by atoms with E-state index in [1.165, 1.54) is 11.1 Å². The molecule has 0 unspecified atom stereocenters. The van der Waals surface area contributed by atoms with Crippen molar-refractivity contribution in [2.24, 2.45) is 5.73 Å². The van der Waals surface area contributed by atoms with E-state index in [9.17, 15) is 5.11 Å². The van der Waals surface area contributed by atoms with Crippen molar-refractivity contribution in [3.05, 3.63) is 34.9 Å². The van der Waals surface area contributed by atoms with Crippen molar-refractivity contribution >= 4 is 12.4 Å². The molecule has 0 saturated heterocycles. The molecule has 1 rings (SSSR count). The lowest BCUT2D eigenvalue weighted by atomic mass is 9.94. The zero-order chi connectivity index (χ0) is 10.7. The molecule has 2 nitrogen and oxygen atoms in total. The Balaban J connectivity index is 0.00000196. The van der Waals surface area contributed by atoms with Crippen LogP contribution in [0.15, 0.2) is 18.2 Å². The number of aliphatic hydroxyl groups excluding tert-OH is 1. The van der Waals surface area contributed by atoms with Crippen LogP contribution in [0, 0.1) is 13.8 Å². The molecule has 86 valence electrons. The molecule has 0 aromatic heterocycles. The van der Waals surface area contributed by atoms with Crippen LogP contribution >= 0.6 is 12.4 Å². The van der Waals surface area contributed by atoms with Gasteiger partial charge in [-0.2, -0.15) is 0 Å². The van der Waals surface area contributed by atoms with Crippen LogP contribution in [-0.2, 0) is 0 Å². The third kappa shape index (κ3) is 3.20. The Labute approximate surface area is 97.9 Å². The van der Waals surface area contributed by atoms with Crippen LogP contribution < -0.4 is 5.73 Å². The molecule has 0 aliphatic carbocycles. The molecule has 0 aliphatic rings. The van der Waals surface area contributed by atoms with Gasteiger partial charge in [0.2, 0.25) is 0 Å². The standard InChI is InChI=1S/C12H19NO.ClH/c1-4-11(14)12(13)10-7-5-6-8(2)9(10)3;/h5-7,11-12,14H,4,13H2,1-3H3;1H/t11-,12+;/m0./s1. The Morgan fingerprint density at radius 1 is 1.33 bits per heavy atom. The van der Waals surface area contributed by atoms with E-state index in [0.29, 0.717) is 6.42 Å². The summed E-state index contributed by atoms with van der Waals surface area (Å²) in [5.41, 5.74) is 9.43. The van der Waals surface area contributed by atoms with E-state index in [2.05, 4.69) is 13.0 Å². The minimum absolute atomic E-state index is 0. The van der Waals surface area contributed by atoms with Crippen molar-refractivity contribution in [1.82, 2.24) is 0 Å². The first-order chi connectivity index (χ1) is 6.57. The molecule has 3 heteroatoms. The van der Waals surface area contributed by atoms with Gasteiger partial charge in [0, 0.05) is 0 Å². The van der Waals surface area contributed by atoms with Crippen LogP contribution in [0.4, 0.5) is 0 Å². The smallest absolute Gasteiger partial charge is 0.0730 e. The minimum Gasteiger partial charge on any atom is -0.391 e. The molecule has 0 amide bonds. The van der Waals surface area contributed by atoms with Crippen LogP contribution in [0.1, 0.15) is 36.1 Å². The molecule has 2 atom stereocenters. The van der Waals surface area contributed by atoms with E-state index >= 15 is 0 Å². The van der Waals surface area contributed by atoms with Crippen LogP contribution in [0.5, 0.6) is 0 Å². The van der Waals surface area contributed by atoms with E-state index < -0.39 is 6.10 Å². The first-order valence-corrected chi connectivity index (χ1v) is 5.07. The van der Waals surface area contributed by atoms with Gasteiger partial charge in [0.05, 0.1) is 12.1 Å². The molecule has 15 heavy (non-hydrogen) atoms. The number of hydrogen-bond acceptors (Lipinski definition) is 2. The highest BCUT2D eigenvalue weighted by Gasteiger charge is 2.16. The van der Waals surface area contributed by atoms with Crippen molar-refractivity contribution in [2.45, 2.75) is 39.3 Å². The molecule has 0 spiro atoms. The molecule has 3 N–H and O–H groups in total. The zero-order valence-corrected chi connectivity index (χ0v) is 10.3. The molecular formula is C12H20ClNO. The summed E-state index contributed by atoms with van der Waals surface area (Å²) in [6, 6.07) is 5.77. The molecule has 0 heterocycles. The Kier molecular flexibility index (Phi) is 5.88. The van der Waals surface area contributed by atoms with Gasteiger partial charge in [-0.15, -0.1) is 12.4 Å². The molecule has 0 fully saturated rings. The van der Waals surface area contributed by atoms with Crippen molar-refractivity contribution in [1.29, 1.82) is 0 Å². The molecule has 0 aliphatic heterocycles. The normalized spacial score (nSPS) is 14.2. The van der Waals surface area contributed by atoms with Gasteiger partial charge in [0.15, 0.2) is 0 Å². The lowest BCUT2D eigenvalue weighted by molar-refractivity contribution is 0.140. The Bertz CT molecular complexity index is 314. The van der Waals surface area contributed by atoms with Crippen molar-refractivity contribution < 1.29 is 5.11 Å². The number of aryl methyl sites for hydroxylation is 1. The molecule has 1 aromatic carbocycles. The largest absolute Gasteiger partial charge is 0.391 e. The van der Waals surface area contributed by atoms with Gasteiger partial charge in [-0.3, -0.25) is 0 Å². The number of rotatable bonds is 3. The van der Waals surface area contributed by atoms with E-state index in [4.69, 9.17) is 5.73 Å². The monoisotopic (exact) mass is 229 g/mol. The molecule has 0 radical (unpaired) electrons. The second-order valence-corrected chi connectivity index (χ2v) is 3.79. The SMILES string of the molecule is CC[C@H](O)[C@H](N)c1cccc(C)c1C.Cl. The Morgan fingerprint density at radius 3 is 2.47 bits per heavy atom. The number of benzene rings is 1. The van der Waals surface area contributed by atoms with E-state index in [1.54, 1.807) is 0 Å². The van der Waals surface area contributed by atoms with E-state index in [0.717, 1.165) is 5.56 Å². The summed E-state index contributed by atoms with van der Waals surface area (Å²) in [5.74, 6) is 0. The maximum atomic E-state index is 9.67. The molecular weight excluding hydrogens is 210 g/mol. The van der Waals surface area contributed by atoms with Crippen LogP contribution in [-0.4, -0.2) is 11.2 Å². The number of halogens is 1. The van der Waals surface area contributed by atoms with Crippen molar-refractivity contribution in [2.75, 3.05) is 0 Å². The zero-order valence-electron chi connectivity index (χ0n) is 9.53. The Morgan fingerprint density at radius 2 is 1.93 bits per heavy atom. The summed E-state index contributed by atoms with van der Waals surface area (Å²) >= 11 is 0. The predicted octanol–water partition coefficient (Wildman–Crippen LogP) is 2.50. The van der Waals surface area contributed by atoms with E-state index in [-0.39, 0.29) is 18.4 Å². The number of hydrogen-bond donors (Lipinski definition) is 2. The second-order valence-electron chi connectivity index (χ2n) is 3.79. The van der Waals surface area contributed by atoms with Gasteiger partial charge < -0.3 is 10.8 Å². The van der Waals surface area contributed by atoms with Gasteiger partial charge in [0.25, 0.3) is 0 Å². The highest BCUT2D eigenvalue weighted by atomic mass is 35.5. The average Bonchev–Trinajstić information content (AvgIpc) is 2.20. The Hall–Kier alpha value is -0.570. The van der Waals surface area contributed by atoms with Crippen LogP contribution in [0.3, 0.4) is 0 Å². The summed E-state index contributed by atoms with van der Waals surface area (Å²) < 4.78 is 0. The maximum Gasteiger partial charge on any atom is 0.0730 e. The highest BCUT2D eigenvalue weighted by Crippen LogP contribution is 2.22. The quantitative estimate of drug-likeness (QED) is 0.837. The summed E-state index contributed by atoms with van der Waals surface area (Å²) in [6.07, 6.45) is 0.240. The number of nitrogens with two attached hydrogens (primary N) is 1. The fourth-order valence-corrected chi connectivity index (χ4v) is 1.60. The molecule has 0 bridgehead atoms. The van der Waals surface area contributed by atoms with Gasteiger partial charge >= 0.3 is 0 Å². The third-order valence-corrected chi connectivity index (χ3v) is 2.84. The summed E-state index contributed by atoms with van der Waals surface area (Å²) in [7, 11) is 0. The summed E-state index contributed by atoms with van der Waals surface area (Å²) in [6.45, 7) is 6.05. The number of aliphatic hydroxyl groups is 1. The molecule has 0 saturated carbocycles. The third-order valence-electron chi connectivity index (χ3n) is 2.84. The maximum absolute atomic E-state index is 9.67. The average molecular weight is 230 g/mol. The van der Waals surface area contributed by atoms with Gasteiger partial charge in [-0.05, 0) is 37.0 Å². The van der Waals surface area contributed by atoms with Crippen LogP contribution in [0.2, 0.25) is 0 Å². The summed E-state index contributed by atoms with van der Waals surface area (Å²) in [5, 5.41) is 9.67. The van der Waals surface area contributed by atoms with Gasteiger partial charge in [0.1, 0.15) is 0 Å². The van der Waals surface area contributed by atoms with Crippen LogP contribution in [0.25, 0.3) is 0 Å². The minimum atomic E-state index is -0.449. The summed E-state index contributed by atoms with van der Waals surface area (Å²) in [4.78, 5) is 0. The second kappa shape index (κ2) is 6.11.